The van der Waals surface area contributed by atoms with Crippen molar-refractivity contribution in [3.8, 4) is 0 Å². The van der Waals surface area contributed by atoms with Gasteiger partial charge in [-0.3, -0.25) is 14.4 Å². The number of pyridine rings is 1. The number of aryl methyl sites for hydroxylation is 2. The van der Waals surface area contributed by atoms with Crippen LogP contribution in [-0.2, 0) is 6.42 Å². The molecule has 2 heterocycles. The molecule has 0 fully saturated rings. The number of aromatic nitrogens is 3. The van der Waals surface area contributed by atoms with Crippen molar-refractivity contribution in [3.63, 3.8) is 0 Å². The van der Waals surface area contributed by atoms with Gasteiger partial charge < -0.3 is 14.9 Å². The van der Waals surface area contributed by atoms with Gasteiger partial charge in [-0.15, -0.1) is 0 Å². The van der Waals surface area contributed by atoms with E-state index in [2.05, 4.69) is 15.3 Å². The van der Waals surface area contributed by atoms with Gasteiger partial charge in [0.2, 0.25) is 0 Å². The summed E-state index contributed by atoms with van der Waals surface area (Å²) in [5.41, 5.74) is 1.79. The van der Waals surface area contributed by atoms with Crippen LogP contribution in [0.1, 0.15) is 46.0 Å². The fourth-order valence-electron chi connectivity index (χ4n) is 3.26. The molecule has 7 nitrogen and oxygen atoms in total. The minimum atomic E-state index is -0.433. The zero-order valence-electron chi connectivity index (χ0n) is 16.7. The van der Waals surface area contributed by atoms with Crippen LogP contribution in [0.25, 0.3) is 0 Å². The molecule has 0 aliphatic rings. The second-order valence-corrected chi connectivity index (χ2v) is 7.01. The molecule has 3 aromatic rings. The SMILES string of the molecule is Cc1cc(=O)[nH]c(CCNC(=O)c2c(C)ccn(C(C)c3ccccc3)c2=O)n1. The predicted molar refractivity (Wildman–Crippen MR) is 111 cm³/mol. The number of nitrogens with one attached hydrogen (secondary N) is 2. The molecule has 0 spiro atoms. The van der Waals surface area contributed by atoms with Gasteiger partial charge in [-0.05, 0) is 38.0 Å². The summed E-state index contributed by atoms with van der Waals surface area (Å²) in [5.74, 6) is 0.0623. The molecule has 0 aliphatic heterocycles. The van der Waals surface area contributed by atoms with Crippen molar-refractivity contribution >= 4 is 5.91 Å². The summed E-state index contributed by atoms with van der Waals surface area (Å²) in [6.45, 7) is 5.66. The molecule has 150 valence electrons. The summed E-state index contributed by atoms with van der Waals surface area (Å²) in [5, 5.41) is 2.76. The van der Waals surface area contributed by atoms with E-state index in [4.69, 9.17) is 0 Å². The Morgan fingerprint density at radius 1 is 1.17 bits per heavy atom. The smallest absolute Gasteiger partial charge is 0.264 e. The molecule has 1 unspecified atom stereocenters. The number of hydrogen-bond acceptors (Lipinski definition) is 4. The van der Waals surface area contributed by atoms with E-state index in [0.717, 1.165) is 5.56 Å². The Hall–Kier alpha value is -3.48. The van der Waals surface area contributed by atoms with E-state index in [0.29, 0.717) is 23.5 Å². The highest BCUT2D eigenvalue weighted by Crippen LogP contribution is 2.16. The quantitative estimate of drug-likeness (QED) is 0.672. The van der Waals surface area contributed by atoms with Crippen molar-refractivity contribution in [1.82, 2.24) is 19.9 Å². The first-order valence-electron chi connectivity index (χ1n) is 9.48. The first-order valence-corrected chi connectivity index (χ1v) is 9.48. The molecule has 0 radical (unpaired) electrons. The normalized spacial score (nSPS) is 11.8. The highest BCUT2D eigenvalue weighted by Gasteiger charge is 2.18. The number of rotatable bonds is 6. The first-order chi connectivity index (χ1) is 13.9. The molecular weight excluding hydrogens is 368 g/mol. The van der Waals surface area contributed by atoms with Crippen molar-refractivity contribution in [1.29, 1.82) is 0 Å². The Morgan fingerprint density at radius 3 is 2.59 bits per heavy atom. The third-order valence-corrected chi connectivity index (χ3v) is 4.82. The number of hydrogen-bond donors (Lipinski definition) is 2. The molecule has 3 rings (SSSR count). The van der Waals surface area contributed by atoms with Gasteiger partial charge in [0.05, 0.1) is 6.04 Å². The summed E-state index contributed by atoms with van der Waals surface area (Å²) < 4.78 is 1.57. The van der Waals surface area contributed by atoms with Crippen molar-refractivity contribution in [2.24, 2.45) is 0 Å². The number of carbonyl (C=O) groups is 1. The van der Waals surface area contributed by atoms with Gasteiger partial charge in [0, 0.05) is 30.9 Å². The van der Waals surface area contributed by atoms with E-state index in [1.54, 1.807) is 30.7 Å². The lowest BCUT2D eigenvalue weighted by molar-refractivity contribution is 0.0951. The van der Waals surface area contributed by atoms with E-state index in [-0.39, 0.29) is 29.3 Å². The Bertz CT molecular complexity index is 1130. The summed E-state index contributed by atoms with van der Waals surface area (Å²) in [7, 11) is 0. The Morgan fingerprint density at radius 2 is 1.90 bits per heavy atom. The number of aromatic amines is 1. The topological polar surface area (TPSA) is 96.9 Å². The van der Waals surface area contributed by atoms with Crippen molar-refractivity contribution in [2.75, 3.05) is 6.54 Å². The molecule has 0 bridgehead atoms. The molecule has 7 heteroatoms. The number of amides is 1. The van der Waals surface area contributed by atoms with Crippen molar-refractivity contribution in [2.45, 2.75) is 33.2 Å². The van der Waals surface area contributed by atoms with E-state index in [1.165, 1.54) is 6.07 Å². The highest BCUT2D eigenvalue weighted by atomic mass is 16.2. The minimum Gasteiger partial charge on any atom is -0.351 e. The molecule has 2 N–H and O–H groups in total. The van der Waals surface area contributed by atoms with E-state index < -0.39 is 5.91 Å². The number of nitrogens with zero attached hydrogens (tertiary/aromatic N) is 2. The van der Waals surface area contributed by atoms with Crippen LogP contribution in [-0.4, -0.2) is 27.0 Å². The van der Waals surface area contributed by atoms with Gasteiger partial charge in [0.25, 0.3) is 17.0 Å². The molecule has 1 amide bonds. The highest BCUT2D eigenvalue weighted by molar-refractivity contribution is 5.95. The zero-order valence-corrected chi connectivity index (χ0v) is 16.7. The second-order valence-electron chi connectivity index (χ2n) is 7.01. The van der Waals surface area contributed by atoms with Gasteiger partial charge in [0.1, 0.15) is 11.4 Å². The fraction of sp³-hybridized carbons (Fsp3) is 0.273. The maximum atomic E-state index is 13.0. The van der Waals surface area contributed by atoms with Gasteiger partial charge in [-0.25, -0.2) is 4.98 Å². The maximum absolute atomic E-state index is 13.0. The standard InChI is InChI=1S/C22H24N4O3/c1-14-10-12-26(16(3)17-7-5-4-6-8-17)22(29)20(14)21(28)23-11-9-18-24-15(2)13-19(27)25-18/h4-8,10,12-13,16H,9,11H2,1-3H3,(H,23,28)(H,24,25,27). The Kier molecular flexibility index (Phi) is 6.07. The Balaban J connectivity index is 1.78. The number of carbonyl (C=O) groups excluding carboxylic acids is 1. The van der Waals surface area contributed by atoms with Gasteiger partial charge in [-0.1, -0.05) is 30.3 Å². The lowest BCUT2D eigenvalue weighted by atomic mass is 10.1. The molecule has 1 atom stereocenters. The van der Waals surface area contributed by atoms with Crippen LogP contribution >= 0.6 is 0 Å². The predicted octanol–water partition coefficient (Wildman–Crippen LogP) is 2.13. The minimum absolute atomic E-state index is 0.126. The van der Waals surface area contributed by atoms with Crippen LogP contribution in [0.15, 0.2) is 58.3 Å². The first kappa shape index (κ1) is 20.3. The van der Waals surface area contributed by atoms with Crippen LogP contribution in [0.2, 0.25) is 0 Å². The van der Waals surface area contributed by atoms with E-state index >= 15 is 0 Å². The zero-order chi connectivity index (χ0) is 21.0. The molecule has 0 saturated heterocycles. The summed E-state index contributed by atoms with van der Waals surface area (Å²) in [4.78, 5) is 44.1. The molecule has 29 heavy (non-hydrogen) atoms. The van der Waals surface area contributed by atoms with Crippen molar-refractivity contribution < 1.29 is 4.79 Å². The lowest BCUT2D eigenvalue weighted by Crippen LogP contribution is -2.36. The summed E-state index contributed by atoms with van der Waals surface area (Å²) in [6.07, 6.45) is 2.08. The average Bonchev–Trinajstić information content (AvgIpc) is 2.67. The largest absolute Gasteiger partial charge is 0.351 e. The molecule has 1 aromatic carbocycles. The van der Waals surface area contributed by atoms with Gasteiger partial charge >= 0.3 is 0 Å². The summed E-state index contributed by atoms with van der Waals surface area (Å²) in [6, 6.07) is 12.6. The van der Waals surface area contributed by atoms with Gasteiger partial charge in [-0.2, -0.15) is 0 Å². The molecule has 0 aliphatic carbocycles. The van der Waals surface area contributed by atoms with E-state index in [9.17, 15) is 14.4 Å². The molecule has 2 aromatic heterocycles. The fourth-order valence-corrected chi connectivity index (χ4v) is 3.26. The lowest BCUT2D eigenvalue weighted by Gasteiger charge is -2.17. The van der Waals surface area contributed by atoms with Crippen LogP contribution in [0.3, 0.4) is 0 Å². The second kappa shape index (κ2) is 8.68. The summed E-state index contributed by atoms with van der Waals surface area (Å²) >= 11 is 0. The Labute approximate surface area is 168 Å². The molecule has 0 saturated carbocycles. The van der Waals surface area contributed by atoms with Gasteiger partial charge in [0.15, 0.2) is 0 Å². The average molecular weight is 392 g/mol. The monoisotopic (exact) mass is 392 g/mol. The van der Waals surface area contributed by atoms with Crippen molar-refractivity contribution in [3.05, 3.63) is 97.6 Å². The van der Waals surface area contributed by atoms with Crippen LogP contribution in [0, 0.1) is 13.8 Å². The molecular formula is C22H24N4O3. The van der Waals surface area contributed by atoms with Crippen LogP contribution in [0.5, 0.6) is 0 Å². The maximum Gasteiger partial charge on any atom is 0.264 e. The number of H-pyrrole nitrogens is 1. The third-order valence-electron chi connectivity index (χ3n) is 4.82. The van der Waals surface area contributed by atoms with Crippen LogP contribution in [0.4, 0.5) is 0 Å². The van der Waals surface area contributed by atoms with Crippen LogP contribution < -0.4 is 16.4 Å². The van der Waals surface area contributed by atoms with E-state index in [1.807, 2.05) is 37.3 Å². The third kappa shape index (κ3) is 4.68. The number of benzene rings is 1.